The van der Waals surface area contributed by atoms with Crippen LogP contribution in [-0.2, 0) is 0 Å². The van der Waals surface area contributed by atoms with Crippen molar-refractivity contribution in [1.29, 1.82) is 0 Å². The maximum atomic E-state index is 11.4. The number of aromatic nitrogens is 3. The number of rotatable bonds is 10. The van der Waals surface area contributed by atoms with Gasteiger partial charge in [0.2, 0.25) is 0 Å². The van der Waals surface area contributed by atoms with E-state index >= 15 is 0 Å². The number of hydrogen-bond acceptors (Lipinski definition) is 7. The molecule has 3 N–H and O–H groups in total. The maximum absolute atomic E-state index is 11.4. The molecule has 0 fully saturated rings. The van der Waals surface area contributed by atoms with Gasteiger partial charge in [0, 0.05) is 22.3 Å². The van der Waals surface area contributed by atoms with Crippen LogP contribution in [0.3, 0.4) is 0 Å². The van der Waals surface area contributed by atoms with Crippen LogP contribution in [0.4, 0.5) is 0 Å². The van der Waals surface area contributed by atoms with E-state index in [1.807, 2.05) is 66.7 Å². The highest BCUT2D eigenvalue weighted by molar-refractivity contribution is 5.90. The van der Waals surface area contributed by atoms with E-state index in [-0.39, 0.29) is 16.7 Å². The van der Waals surface area contributed by atoms with Gasteiger partial charge in [0.15, 0.2) is 17.5 Å². The maximum Gasteiger partial charge on any atom is 0.335 e. The molecule has 10 nitrogen and oxygen atoms in total. The number of carboxylic acids is 3. The van der Waals surface area contributed by atoms with Gasteiger partial charge in [0.25, 0.3) is 0 Å². The van der Waals surface area contributed by atoms with Crippen LogP contribution in [-0.4, -0.2) is 55.3 Å². The summed E-state index contributed by atoms with van der Waals surface area (Å²) in [5.41, 5.74) is 7.80. The number of hydrogen-bond donors (Lipinski definition) is 3. The molecule has 1 aromatic heterocycles. The topological polar surface area (TPSA) is 160 Å². The number of carbonyl (C=O) groups is 3. The average Bonchev–Trinajstić information content (AvgIpc) is 3.20. The van der Waals surface area contributed by atoms with Crippen LogP contribution in [0.25, 0.3) is 67.5 Å². The van der Waals surface area contributed by atoms with Crippen molar-refractivity contribution in [1.82, 2.24) is 15.0 Å². The van der Waals surface area contributed by atoms with E-state index in [1.165, 1.54) is 0 Å². The van der Waals surface area contributed by atoms with Gasteiger partial charge in [0.1, 0.15) is 5.75 Å². The van der Waals surface area contributed by atoms with E-state index in [4.69, 9.17) is 19.7 Å². The molecule has 10 heteroatoms. The third-order valence-electron chi connectivity index (χ3n) is 8.75. The first-order chi connectivity index (χ1) is 25.7. The minimum absolute atomic E-state index is 0.183. The molecule has 258 valence electrons. The Morgan fingerprint density at radius 2 is 0.679 bits per heavy atom. The lowest BCUT2D eigenvalue weighted by molar-refractivity contribution is 0.0686. The Morgan fingerprint density at radius 3 is 1.02 bits per heavy atom. The van der Waals surface area contributed by atoms with Crippen molar-refractivity contribution in [3.8, 4) is 73.3 Å². The van der Waals surface area contributed by atoms with Gasteiger partial charge < -0.3 is 20.1 Å². The molecular formula is C43H29N3O7. The summed E-state index contributed by atoms with van der Waals surface area (Å²) in [6.45, 7) is 0. The van der Waals surface area contributed by atoms with Crippen molar-refractivity contribution in [3.05, 3.63) is 156 Å². The molecule has 0 aliphatic heterocycles. The molecule has 6 aromatic carbocycles. The molecule has 0 atom stereocenters. The smallest absolute Gasteiger partial charge is 0.335 e. The predicted molar refractivity (Wildman–Crippen MR) is 200 cm³/mol. The fraction of sp³-hybridized carbons (Fsp3) is 0.0233. The van der Waals surface area contributed by atoms with Crippen LogP contribution in [0.1, 0.15) is 31.1 Å². The molecule has 0 radical (unpaired) electrons. The molecule has 1 heterocycles. The zero-order valence-electron chi connectivity index (χ0n) is 28.1. The van der Waals surface area contributed by atoms with Crippen molar-refractivity contribution in [2.75, 3.05) is 7.11 Å². The molecular weight excluding hydrogens is 670 g/mol. The van der Waals surface area contributed by atoms with E-state index in [0.717, 1.165) is 44.5 Å². The number of carboxylic acid groups (broad SMARTS) is 3. The third-order valence-corrected chi connectivity index (χ3v) is 8.75. The quantitative estimate of drug-likeness (QED) is 0.126. The van der Waals surface area contributed by atoms with E-state index in [9.17, 15) is 29.7 Å². The molecule has 0 spiro atoms. The van der Waals surface area contributed by atoms with Gasteiger partial charge in [-0.2, -0.15) is 0 Å². The molecule has 0 saturated carbocycles. The van der Waals surface area contributed by atoms with Crippen LogP contribution in [0.5, 0.6) is 5.75 Å². The highest BCUT2D eigenvalue weighted by Crippen LogP contribution is 2.35. The van der Waals surface area contributed by atoms with Gasteiger partial charge >= 0.3 is 17.9 Å². The standard InChI is InChI=1S/C43H29N3O7/c1-53-37-24-35(22-23-36(37)29-10-20-34(21-11-29)43(51)52)40-45-38(30-12-2-25(3-13-30)27-6-16-32(17-7-27)41(47)48)44-39(46-40)31-14-4-26(5-15-31)28-8-18-33(19-9-28)42(49)50/h2-24H,1H3,(H,47,48)(H,49,50)(H,51,52). The van der Waals surface area contributed by atoms with E-state index in [1.54, 1.807) is 79.9 Å². The highest BCUT2D eigenvalue weighted by atomic mass is 16.5. The van der Waals surface area contributed by atoms with Gasteiger partial charge in [-0.25, -0.2) is 29.3 Å². The molecule has 0 aliphatic carbocycles. The summed E-state index contributed by atoms with van der Waals surface area (Å²) in [4.78, 5) is 48.6. The molecule has 0 unspecified atom stereocenters. The molecule has 0 bridgehead atoms. The zero-order chi connectivity index (χ0) is 37.1. The Morgan fingerprint density at radius 1 is 0.396 bits per heavy atom. The fourth-order valence-electron chi connectivity index (χ4n) is 5.86. The van der Waals surface area contributed by atoms with Crippen molar-refractivity contribution in [2.24, 2.45) is 0 Å². The van der Waals surface area contributed by atoms with Crippen LogP contribution in [0.15, 0.2) is 140 Å². The summed E-state index contributed by atoms with van der Waals surface area (Å²) in [6.07, 6.45) is 0. The number of ether oxygens (including phenoxy) is 1. The summed E-state index contributed by atoms with van der Waals surface area (Å²) < 4.78 is 5.77. The van der Waals surface area contributed by atoms with Crippen molar-refractivity contribution in [2.45, 2.75) is 0 Å². The van der Waals surface area contributed by atoms with Crippen LogP contribution in [0.2, 0.25) is 0 Å². The SMILES string of the molecule is COc1cc(-c2nc(-c3ccc(-c4ccc(C(=O)O)cc4)cc3)nc(-c3ccc(-c4ccc(C(=O)O)cc4)cc3)n2)ccc1-c1ccc(C(=O)O)cc1. The monoisotopic (exact) mass is 699 g/mol. The summed E-state index contributed by atoms with van der Waals surface area (Å²) >= 11 is 0. The summed E-state index contributed by atoms with van der Waals surface area (Å²) in [6, 6.07) is 40.7. The predicted octanol–water partition coefficient (Wildman–Crippen LogP) is 8.98. The Balaban J connectivity index is 1.28. The summed E-state index contributed by atoms with van der Waals surface area (Å²) in [5.74, 6) is -1.17. The first-order valence-electron chi connectivity index (χ1n) is 16.3. The second kappa shape index (κ2) is 14.4. The van der Waals surface area contributed by atoms with Gasteiger partial charge in [-0.1, -0.05) is 91.0 Å². The second-order valence-electron chi connectivity index (χ2n) is 12.0. The molecule has 7 rings (SSSR count). The summed E-state index contributed by atoms with van der Waals surface area (Å²) in [5, 5.41) is 27.9. The van der Waals surface area contributed by atoms with Crippen LogP contribution in [0, 0.1) is 0 Å². The fourth-order valence-corrected chi connectivity index (χ4v) is 5.86. The van der Waals surface area contributed by atoms with Gasteiger partial charge in [-0.05, 0) is 76.3 Å². The number of aromatic carboxylic acids is 3. The Bertz CT molecular complexity index is 2360. The van der Waals surface area contributed by atoms with Crippen LogP contribution >= 0.6 is 0 Å². The van der Waals surface area contributed by atoms with Crippen molar-refractivity contribution in [3.63, 3.8) is 0 Å². The minimum atomic E-state index is -1.01. The number of methoxy groups -OCH3 is 1. The Labute approximate surface area is 303 Å². The van der Waals surface area contributed by atoms with E-state index in [0.29, 0.717) is 28.8 Å². The Hall–Kier alpha value is -7.46. The van der Waals surface area contributed by atoms with Crippen LogP contribution < -0.4 is 4.74 Å². The Kier molecular flexibility index (Phi) is 9.25. The molecule has 53 heavy (non-hydrogen) atoms. The molecule has 0 amide bonds. The zero-order valence-corrected chi connectivity index (χ0v) is 28.1. The highest BCUT2D eigenvalue weighted by Gasteiger charge is 2.16. The number of nitrogens with zero attached hydrogens (tertiary/aromatic N) is 3. The summed E-state index contributed by atoms with van der Waals surface area (Å²) in [7, 11) is 1.56. The molecule has 0 aliphatic rings. The lowest BCUT2D eigenvalue weighted by Gasteiger charge is -2.13. The van der Waals surface area contributed by atoms with E-state index < -0.39 is 17.9 Å². The molecule has 7 aromatic rings. The molecule has 0 saturated heterocycles. The lowest BCUT2D eigenvalue weighted by Crippen LogP contribution is -2.01. The third kappa shape index (κ3) is 7.24. The van der Waals surface area contributed by atoms with Crippen molar-refractivity contribution < 1.29 is 34.4 Å². The first-order valence-corrected chi connectivity index (χ1v) is 16.3. The van der Waals surface area contributed by atoms with Gasteiger partial charge in [-0.3, -0.25) is 0 Å². The lowest BCUT2D eigenvalue weighted by atomic mass is 10.0. The minimum Gasteiger partial charge on any atom is -0.496 e. The first kappa shape index (κ1) is 34.0. The van der Waals surface area contributed by atoms with Gasteiger partial charge in [-0.15, -0.1) is 0 Å². The largest absolute Gasteiger partial charge is 0.496 e. The number of benzene rings is 6. The second-order valence-corrected chi connectivity index (χ2v) is 12.0. The average molecular weight is 700 g/mol. The van der Waals surface area contributed by atoms with E-state index in [2.05, 4.69) is 0 Å². The normalized spacial score (nSPS) is 10.8. The van der Waals surface area contributed by atoms with Crippen molar-refractivity contribution >= 4 is 17.9 Å². The van der Waals surface area contributed by atoms with Gasteiger partial charge in [0.05, 0.1) is 23.8 Å².